The Hall–Kier alpha value is -1.82. The van der Waals surface area contributed by atoms with Crippen LogP contribution in [0, 0.1) is 11.6 Å². The molecule has 6 heteroatoms. The van der Waals surface area contributed by atoms with Crippen molar-refractivity contribution in [2.24, 2.45) is 0 Å². The van der Waals surface area contributed by atoms with Gasteiger partial charge in [-0.15, -0.1) is 5.10 Å². The maximum atomic E-state index is 13.3. The molecule has 0 atom stereocenters. The molecular weight excluding hydrogens is 228 g/mol. The van der Waals surface area contributed by atoms with E-state index < -0.39 is 11.6 Å². The van der Waals surface area contributed by atoms with Crippen LogP contribution in [0.5, 0.6) is 0 Å². The fraction of sp³-hybridized carbons (Fsp3) is 0.273. The third-order valence-electron chi connectivity index (χ3n) is 2.29. The number of hydrogen-bond acceptors (Lipinski definition) is 3. The summed E-state index contributed by atoms with van der Waals surface area (Å²) in [7, 11) is 0. The first-order valence-corrected chi connectivity index (χ1v) is 5.13. The number of nitrogens with zero attached hydrogens (tertiary/aromatic N) is 3. The van der Waals surface area contributed by atoms with E-state index in [4.69, 9.17) is 5.11 Å². The van der Waals surface area contributed by atoms with Crippen molar-refractivity contribution in [3.05, 3.63) is 47.3 Å². The molecule has 0 bridgehead atoms. The number of rotatable bonds is 4. The van der Waals surface area contributed by atoms with E-state index in [1.54, 1.807) is 6.20 Å². The lowest BCUT2D eigenvalue weighted by Crippen LogP contribution is -2.03. The van der Waals surface area contributed by atoms with Gasteiger partial charge in [0.05, 0.1) is 12.2 Å². The molecule has 2 aromatic rings. The molecule has 90 valence electrons. The molecule has 2 rings (SSSR count). The zero-order chi connectivity index (χ0) is 12.3. The Kier molecular flexibility index (Phi) is 3.43. The number of halogens is 2. The number of aromatic nitrogens is 3. The van der Waals surface area contributed by atoms with Crippen LogP contribution in [-0.4, -0.2) is 26.7 Å². The van der Waals surface area contributed by atoms with Gasteiger partial charge in [-0.3, -0.25) is 0 Å². The molecule has 0 radical (unpaired) electrons. The highest BCUT2D eigenvalue weighted by molar-refractivity contribution is 5.18. The first kappa shape index (κ1) is 11.7. The van der Waals surface area contributed by atoms with Crippen LogP contribution in [0.4, 0.5) is 8.78 Å². The summed E-state index contributed by atoms with van der Waals surface area (Å²) in [5.41, 5.74) is 0.828. The second kappa shape index (κ2) is 5.01. The molecule has 1 heterocycles. The minimum absolute atomic E-state index is 0.0208. The normalized spacial score (nSPS) is 10.8. The van der Waals surface area contributed by atoms with E-state index in [1.165, 1.54) is 4.68 Å². The van der Waals surface area contributed by atoms with Crippen molar-refractivity contribution in [1.29, 1.82) is 0 Å². The van der Waals surface area contributed by atoms with Crippen molar-refractivity contribution in [2.45, 2.75) is 13.0 Å². The fourth-order valence-electron chi connectivity index (χ4n) is 1.48. The van der Waals surface area contributed by atoms with Gasteiger partial charge >= 0.3 is 0 Å². The van der Waals surface area contributed by atoms with E-state index in [-0.39, 0.29) is 18.7 Å². The topological polar surface area (TPSA) is 50.9 Å². The van der Waals surface area contributed by atoms with E-state index in [0.717, 1.165) is 18.2 Å². The summed E-state index contributed by atoms with van der Waals surface area (Å²) in [4.78, 5) is 0. The van der Waals surface area contributed by atoms with Crippen molar-refractivity contribution in [1.82, 2.24) is 15.0 Å². The van der Waals surface area contributed by atoms with Crippen molar-refractivity contribution >= 4 is 0 Å². The Balaban J connectivity index is 2.16. The molecule has 0 aliphatic carbocycles. The van der Waals surface area contributed by atoms with Crippen molar-refractivity contribution in [3.8, 4) is 0 Å². The zero-order valence-electron chi connectivity index (χ0n) is 8.98. The molecule has 0 spiro atoms. The summed E-state index contributed by atoms with van der Waals surface area (Å²) >= 11 is 0. The monoisotopic (exact) mass is 239 g/mol. The van der Waals surface area contributed by atoms with Crippen LogP contribution < -0.4 is 0 Å². The van der Waals surface area contributed by atoms with Gasteiger partial charge in [0.15, 0.2) is 0 Å². The summed E-state index contributed by atoms with van der Waals surface area (Å²) in [6.07, 6.45) is 1.99. The molecule has 0 aliphatic heterocycles. The Bertz CT molecular complexity index is 513. The van der Waals surface area contributed by atoms with Gasteiger partial charge in [0.25, 0.3) is 0 Å². The van der Waals surface area contributed by atoms with E-state index in [9.17, 15) is 8.78 Å². The molecule has 17 heavy (non-hydrogen) atoms. The SMILES string of the molecule is OCCc1cn(Cc2cc(F)ccc2F)nn1. The number of hydrogen-bond donors (Lipinski definition) is 1. The van der Waals surface area contributed by atoms with Crippen LogP contribution in [0.3, 0.4) is 0 Å². The van der Waals surface area contributed by atoms with Crippen molar-refractivity contribution in [2.75, 3.05) is 6.61 Å². The molecule has 0 saturated carbocycles. The predicted molar refractivity (Wildman–Crippen MR) is 56.3 cm³/mol. The third kappa shape index (κ3) is 2.85. The molecule has 1 aromatic heterocycles. The molecule has 1 N–H and O–H groups in total. The van der Waals surface area contributed by atoms with Gasteiger partial charge in [0.1, 0.15) is 11.6 Å². The summed E-state index contributed by atoms with van der Waals surface area (Å²) in [5.74, 6) is -0.970. The lowest BCUT2D eigenvalue weighted by Gasteiger charge is -2.02. The van der Waals surface area contributed by atoms with Crippen LogP contribution >= 0.6 is 0 Å². The van der Waals surface area contributed by atoms with Gasteiger partial charge < -0.3 is 5.11 Å². The van der Waals surface area contributed by atoms with Gasteiger partial charge in [-0.2, -0.15) is 0 Å². The summed E-state index contributed by atoms with van der Waals surface area (Å²) in [6, 6.07) is 3.27. The standard InChI is InChI=1S/C11H11F2N3O/c12-9-1-2-11(13)8(5-9)6-16-7-10(3-4-17)14-15-16/h1-2,5,7,17H,3-4,6H2. The zero-order valence-corrected chi connectivity index (χ0v) is 8.98. The Labute approximate surface area is 96.5 Å². The van der Waals surface area contributed by atoms with Gasteiger partial charge in [-0.1, -0.05) is 5.21 Å². The lowest BCUT2D eigenvalue weighted by molar-refractivity contribution is 0.298. The number of aliphatic hydroxyl groups excluding tert-OH is 1. The largest absolute Gasteiger partial charge is 0.396 e. The van der Waals surface area contributed by atoms with E-state index in [0.29, 0.717) is 12.1 Å². The minimum atomic E-state index is -0.489. The highest BCUT2D eigenvalue weighted by atomic mass is 19.1. The van der Waals surface area contributed by atoms with Crippen LogP contribution in [0.25, 0.3) is 0 Å². The molecular formula is C11H11F2N3O. The van der Waals surface area contributed by atoms with Gasteiger partial charge in [0.2, 0.25) is 0 Å². The first-order valence-electron chi connectivity index (χ1n) is 5.13. The average Bonchev–Trinajstić information content (AvgIpc) is 2.72. The minimum Gasteiger partial charge on any atom is -0.396 e. The summed E-state index contributed by atoms with van der Waals surface area (Å²) < 4.78 is 27.7. The average molecular weight is 239 g/mol. The van der Waals surface area contributed by atoms with Crippen LogP contribution in [0.1, 0.15) is 11.3 Å². The highest BCUT2D eigenvalue weighted by Crippen LogP contribution is 2.11. The quantitative estimate of drug-likeness (QED) is 0.870. The molecule has 0 amide bonds. The van der Waals surface area contributed by atoms with Crippen molar-refractivity contribution < 1.29 is 13.9 Å². The van der Waals surface area contributed by atoms with Gasteiger partial charge in [-0.25, -0.2) is 13.5 Å². The third-order valence-corrected chi connectivity index (χ3v) is 2.29. The maximum absolute atomic E-state index is 13.3. The first-order chi connectivity index (χ1) is 8.19. The second-order valence-corrected chi connectivity index (χ2v) is 3.62. The van der Waals surface area contributed by atoms with E-state index in [1.807, 2.05) is 0 Å². The van der Waals surface area contributed by atoms with Crippen molar-refractivity contribution in [3.63, 3.8) is 0 Å². The van der Waals surface area contributed by atoms with Crippen LogP contribution in [-0.2, 0) is 13.0 Å². The predicted octanol–water partition coefficient (Wildman–Crippen LogP) is 1.14. The molecule has 1 aromatic carbocycles. The second-order valence-electron chi connectivity index (χ2n) is 3.62. The van der Waals surface area contributed by atoms with Crippen LogP contribution in [0.15, 0.2) is 24.4 Å². The molecule has 0 saturated heterocycles. The van der Waals surface area contributed by atoms with E-state index >= 15 is 0 Å². The summed E-state index contributed by atoms with van der Waals surface area (Å²) in [5, 5.41) is 16.3. The number of benzene rings is 1. The molecule has 0 fully saturated rings. The number of aliphatic hydroxyl groups is 1. The van der Waals surface area contributed by atoms with E-state index in [2.05, 4.69) is 10.3 Å². The smallest absolute Gasteiger partial charge is 0.128 e. The molecule has 4 nitrogen and oxygen atoms in total. The maximum Gasteiger partial charge on any atom is 0.128 e. The molecule has 0 aliphatic rings. The van der Waals surface area contributed by atoms with Crippen LogP contribution in [0.2, 0.25) is 0 Å². The highest BCUT2D eigenvalue weighted by Gasteiger charge is 2.06. The molecule has 0 unspecified atom stereocenters. The van der Waals surface area contributed by atoms with Gasteiger partial charge in [-0.05, 0) is 18.2 Å². The van der Waals surface area contributed by atoms with Gasteiger partial charge in [0, 0.05) is 24.8 Å². The Morgan fingerprint density at radius 2 is 2.12 bits per heavy atom. The Morgan fingerprint density at radius 3 is 2.88 bits per heavy atom. The fourth-order valence-corrected chi connectivity index (χ4v) is 1.48. The summed E-state index contributed by atoms with van der Waals surface area (Å²) in [6.45, 7) is 0.0923. The Morgan fingerprint density at radius 1 is 1.29 bits per heavy atom. The lowest BCUT2D eigenvalue weighted by atomic mass is 10.2.